The molecule has 0 spiro atoms. The molecule has 0 amide bonds. The van der Waals surface area contributed by atoms with E-state index >= 15 is 0 Å². The number of para-hydroxylation sites is 1. The highest BCUT2D eigenvalue weighted by molar-refractivity contribution is 7.92. The van der Waals surface area contributed by atoms with Crippen LogP contribution in [0.1, 0.15) is 43.0 Å². The smallest absolute Gasteiger partial charge is 0.181 e. The van der Waals surface area contributed by atoms with Crippen molar-refractivity contribution in [1.29, 1.82) is 0 Å². The number of carbonyl (C=O) groups is 1. The Labute approximate surface area is 126 Å². The summed E-state index contributed by atoms with van der Waals surface area (Å²) in [6.45, 7) is 2.28. The van der Waals surface area contributed by atoms with Crippen molar-refractivity contribution < 1.29 is 17.9 Å². The predicted molar refractivity (Wildman–Crippen MR) is 82.6 cm³/mol. The Bertz CT molecular complexity index is 586. The van der Waals surface area contributed by atoms with Crippen molar-refractivity contribution in [2.45, 2.75) is 32.6 Å². The molecule has 0 aliphatic heterocycles. The minimum atomic E-state index is -3.35. The van der Waals surface area contributed by atoms with Gasteiger partial charge in [-0.05, 0) is 37.8 Å². The largest absolute Gasteiger partial charge is 0.493 e. The van der Waals surface area contributed by atoms with Gasteiger partial charge >= 0.3 is 0 Å². The first-order chi connectivity index (χ1) is 10.0. The van der Waals surface area contributed by atoms with E-state index in [1.54, 1.807) is 24.3 Å². The van der Waals surface area contributed by atoms with Gasteiger partial charge in [-0.15, -0.1) is 0 Å². The molecule has 0 unspecified atom stereocenters. The molecule has 0 bridgehead atoms. The topological polar surface area (TPSA) is 60.4 Å². The number of carbonyl (C=O) groups excluding carboxylic acids is 1. The van der Waals surface area contributed by atoms with Crippen LogP contribution in [0, 0.1) is 5.92 Å². The average Bonchev–Trinajstić information content (AvgIpc) is 2.91. The minimum absolute atomic E-state index is 0.134. The summed E-state index contributed by atoms with van der Waals surface area (Å²) in [5, 5.41) is 0. The van der Waals surface area contributed by atoms with Crippen molar-refractivity contribution in [3.05, 3.63) is 29.8 Å². The van der Waals surface area contributed by atoms with Gasteiger partial charge in [0.1, 0.15) is 11.5 Å². The van der Waals surface area contributed by atoms with Crippen molar-refractivity contribution >= 4 is 15.6 Å². The fourth-order valence-corrected chi connectivity index (χ4v) is 4.58. The number of sulfone groups is 1. The van der Waals surface area contributed by atoms with Crippen LogP contribution < -0.4 is 4.74 Å². The normalized spacial score (nSPS) is 16.0. The van der Waals surface area contributed by atoms with Crippen LogP contribution in [-0.4, -0.2) is 32.3 Å². The molecule has 0 atom stereocenters. The van der Waals surface area contributed by atoms with Crippen molar-refractivity contribution in [3.63, 3.8) is 0 Å². The van der Waals surface area contributed by atoms with E-state index < -0.39 is 15.6 Å². The summed E-state index contributed by atoms with van der Waals surface area (Å²) in [7, 11) is -3.35. The molecule has 0 saturated heterocycles. The predicted octanol–water partition coefficient (Wildman–Crippen LogP) is 2.87. The van der Waals surface area contributed by atoms with Gasteiger partial charge in [-0.25, -0.2) is 8.42 Å². The molecule has 4 nitrogen and oxygen atoms in total. The lowest BCUT2D eigenvalue weighted by Gasteiger charge is -2.11. The van der Waals surface area contributed by atoms with E-state index in [1.165, 1.54) is 0 Å². The molecule has 1 saturated carbocycles. The van der Waals surface area contributed by atoms with Gasteiger partial charge in [0.25, 0.3) is 0 Å². The fraction of sp³-hybridized carbons (Fsp3) is 0.562. The molecule has 1 aromatic rings. The summed E-state index contributed by atoms with van der Waals surface area (Å²) in [6, 6.07) is 6.81. The van der Waals surface area contributed by atoms with Gasteiger partial charge in [0, 0.05) is 0 Å². The van der Waals surface area contributed by atoms with Crippen molar-refractivity contribution in [1.82, 2.24) is 0 Å². The van der Waals surface area contributed by atoms with Gasteiger partial charge in [0.2, 0.25) is 0 Å². The van der Waals surface area contributed by atoms with Gasteiger partial charge in [0.05, 0.1) is 17.9 Å². The SMILES string of the molecule is CCOc1ccccc1C(=O)CS(=O)(=O)CC1CCCC1. The van der Waals surface area contributed by atoms with Crippen LogP contribution >= 0.6 is 0 Å². The molecular weight excluding hydrogens is 288 g/mol. The summed E-state index contributed by atoms with van der Waals surface area (Å²) in [6.07, 6.45) is 4.12. The van der Waals surface area contributed by atoms with Crippen LogP contribution in [0.3, 0.4) is 0 Å². The zero-order chi connectivity index (χ0) is 15.3. The molecule has 116 valence electrons. The Morgan fingerprint density at radius 3 is 2.57 bits per heavy atom. The highest BCUT2D eigenvalue weighted by atomic mass is 32.2. The highest BCUT2D eigenvalue weighted by Crippen LogP contribution is 2.26. The Kier molecular flexibility index (Phi) is 5.39. The molecule has 21 heavy (non-hydrogen) atoms. The van der Waals surface area contributed by atoms with Gasteiger partial charge in [-0.3, -0.25) is 4.79 Å². The van der Waals surface area contributed by atoms with Gasteiger partial charge in [-0.1, -0.05) is 25.0 Å². The summed E-state index contributed by atoms with van der Waals surface area (Å²) in [4.78, 5) is 12.3. The zero-order valence-electron chi connectivity index (χ0n) is 12.4. The summed E-state index contributed by atoms with van der Waals surface area (Å²) >= 11 is 0. The Morgan fingerprint density at radius 2 is 1.90 bits per heavy atom. The van der Waals surface area contributed by atoms with Gasteiger partial charge < -0.3 is 4.74 Å². The van der Waals surface area contributed by atoms with Crippen LogP contribution in [0.4, 0.5) is 0 Å². The molecule has 0 N–H and O–H groups in total. The third-order valence-electron chi connectivity index (χ3n) is 3.80. The molecule has 1 fully saturated rings. The standard InChI is InChI=1S/C16H22O4S/c1-2-20-16-10-6-5-9-14(16)15(17)12-21(18,19)11-13-7-3-4-8-13/h5-6,9-10,13H,2-4,7-8,11-12H2,1H3. The number of ketones is 1. The molecule has 5 heteroatoms. The molecule has 1 aliphatic carbocycles. The molecule has 2 rings (SSSR count). The first-order valence-corrected chi connectivity index (χ1v) is 9.29. The molecule has 1 aliphatic rings. The lowest BCUT2D eigenvalue weighted by Crippen LogP contribution is -2.23. The lowest BCUT2D eigenvalue weighted by molar-refractivity contribution is 0.101. The number of rotatable bonds is 7. The Hall–Kier alpha value is -1.36. The van der Waals surface area contributed by atoms with E-state index in [0.29, 0.717) is 17.9 Å². The molecule has 0 radical (unpaired) electrons. The van der Waals surface area contributed by atoms with Crippen LogP contribution in [-0.2, 0) is 9.84 Å². The number of Topliss-reactive ketones (excluding diaryl/α,β-unsaturated/α-hetero) is 1. The first-order valence-electron chi connectivity index (χ1n) is 7.47. The Morgan fingerprint density at radius 1 is 1.24 bits per heavy atom. The molecule has 0 aromatic heterocycles. The monoisotopic (exact) mass is 310 g/mol. The van der Waals surface area contributed by atoms with E-state index in [9.17, 15) is 13.2 Å². The van der Waals surface area contributed by atoms with Crippen molar-refractivity contribution in [3.8, 4) is 5.75 Å². The van der Waals surface area contributed by atoms with Gasteiger partial charge in [-0.2, -0.15) is 0 Å². The number of benzene rings is 1. The van der Waals surface area contributed by atoms with Crippen LogP contribution in [0.25, 0.3) is 0 Å². The highest BCUT2D eigenvalue weighted by Gasteiger charge is 2.26. The maximum Gasteiger partial charge on any atom is 0.181 e. The van der Waals surface area contributed by atoms with E-state index in [1.807, 2.05) is 6.92 Å². The molecular formula is C16H22O4S. The van der Waals surface area contributed by atoms with E-state index in [0.717, 1.165) is 25.7 Å². The van der Waals surface area contributed by atoms with Crippen molar-refractivity contribution in [2.75, 3.05) is 18.1 Å². The van der Waals surface area contributed by atoms with Crippen LogP contribution in [0.2, 0.25) is 0 Å². The lowest BCUT2D eigenvalue weighted by atomic mass is 10.1. The molecule has 1 aromatic carbocycles. The second-order valence-electron chi connectivity index (χ2n) is 5.56. The van der Waals surface area contributed by atoms with E-state index in [-0.39, 0.29) is 17.5 Å². The Balaban J connectivity index is 2.06. The fourth-order valence-electron chi connectivity index (χ4n) is 2.85. The maximum atomic E-state index is 12.3. The third-order valence-corrected chi connectivity index (χ3v) is 5.48. The summed E-state index contributed by atoms with van der Waals surface area (Å²) < 4.78 is 29.7. The zero-order valence-corrected chi connectivity index (χ0v) is 13.2. The summed E-state index contributed by atoms with van der Waals surface area (Å²) in [5.41, 5.74) is 0.356. The molecule has 0 heterocycles. The summed E-state index contributed by atoms with van der Waals surface area (Å²) in [5.74, 6) is 0.0198. The number of hydrogen-bond acceptors (Lipinski definition) is 4. The second-order valence-corrected chi connectivity index (χ2v) is 7.67. The average molecular weight is 310 g/mol. The maximum absolute atomic E-state index is 12.3. The van der Waals surface area contributed by atoms with Crippen molar-refractivity contribution in [2.24, 2.45) is 5.92 Å². The van der Waals surface area contributed by atoms with E-state index in [2.05, 4.69) is 0 Å². The second kappa shape index (κ2) is 7.07. The van der Waals surface area contributed by atoms with Crippen LogP contribution in [0.5, 0.6) is 5.75 Å². The van der Waals surface area contributed by atoms with E-state index in [4.69, 9.17) is 4.74 Å². The number of hydrogen-bond donors (Lipinski definition) is 0. The quantitative estimate of drug-likeness (QED) is 0.727. The minimum Gasteiger partial charge on any atom is -0.493 e. The van der Waals surface area contributed by atoms with Gasteiger partial charge in [0.15, 0.2) is 15.6 Å². The third kappa shape index (κ3) is 4.56. The van der Waals surface area contributed by atoms with Crippen LogP contribution in [0.15, 0.2) is 24.3 Å². The first kappa shape index (κ1) is 16.0. The number of ether oxygens (including phenoxy) is 1.